The summed E-state index contributed by atoms with van der Waals surface area (Å²) in [6.45, 7) is 11.8. The number of amides is 1. The summed E-state index contributed by atoms with van der Waals surface area (Å²) in [4.78, 5) is 19.1. The van der Waals surface area contributed by atoms with Crippen LogP contribution in [0.15, 0.2) is 0 Å². The lowest BCUT2D eigenvalue weighted by atomic mass is 9.72. The SMILES string of the molecule is CC(C)N1CC2(CN(C(=O)CN3CCCCC3)C2)C1. The van der Waals surface area contributed by atoms with E-state index in [0.29, 0.717) is 23.9 Å². The molecule has 4 nitrogen and oxygen atoms in total. The maximum absolute atomic E-state index is 12.2. The quantitative estimate of drug-likeness (QED) is 0.762. The van der Waals surface area contributed by atoms with Crippen molar-refractivity contribution in [2.75, 3.05) is 45.8 Å². The molecule has 0 unspecified atom stereocenters. The molecule has 0 radical (unpaired) electrons. The fourth-order valence-electron chi connectivity index (χ4n) is 3.73. The van der Waals surface area contributed by atoms with E-state index >= 15 is 0 Å². The molecule has 3 rings (SSSR count). The normalized spacial score (nSPS) is 27.4. The van der Waals surface area contributed by atoms with Gasteiger partial charge in [0, 0.05) is 37.6 Å². The van der Waals surface area contributed by atoms with Gasteiger partial charge in [-0.15, -0.1) is 0 Å². The summed E-state index contributed by atoms with van der Waals surface area (Å²) in [6, 6.07) is 0.656. The highest BCUT2D eigenvalue weighted by molar-refractivity contribution is 5.79. The second-order valence-electron chi connectivity index (χ2n) is 7.09. The monoisotopic (exact) mass is 265 g/mol. The van der Waals surface area contributed by atoms with Crippen LogP contribution in [0.4, 0.5) is 0 Å². The molecule has 3 aliphatic rings. The Morgan fingerprint density at radius 2 is 1.68 bits per heavy atom. The van der Waals surface area contributed by atoms with E-state index in [-0.39, 0.29) is 0 Å². The van der Waals surface area contributed by atoms with Crippen molar-refractivity contribution in [1.82, 2.24) is 14.7 Å². The van der Waals surface area contributed by atoms with Gasteiger partial charge in [0.2, 0.25) is 5.91 Å². The number of carbonyl (C=O) groups excluding carboxylic acids is 1. The average Bonchev–Trinajstić information content (AvgIpc) is 2.26. The van der Waals surface area contributed by atoms with Gasteiger partial charge in [-0.2, -0.15) is 0 Å². The van der Waals surface area contributed by atoms with Gasteiger partial charge in [-0.3, -0.25) is 14.6 Å². The molecule has 0 aromatic heterocycles. The Hall–Kier alpha value is -0.610. The van der Waals surface area contributed by atoms with Crippen molar-refractivity contribution in [2.24, 2.45) is 5.41 Å². The number of hydrogen-bond acceptors (Lipinski definition) is 3. The molecular weight excluding hydrogens is 238 g/mol. The number of likely N-dealkylation sites (tertiary alicyclic amines) is 3. The largest absolute Gasteiger partial charge is 0.340 e. The van der Waals surface area contributed by atoms with Gasteiger partial charge in [0.25, 0.3) is 0 Å². The van der Waals surface area contributed by atoms with E-state index in [1.165, 1.54) is 32.4 Å². The van der Waals surface area contributed by atoms with Gasteiger partial charge >= 0.3 is 0 Å². The van der Waals surface area contributed by atoms with Crippen LogP contribution in [-0.2, 0) is 4.79 Å². The van der Waals surface area contributed by atoms with Crippen LogP contribution in [0.25, 0.3) is 0 Å². The van der Waals surface area contributed by atoms with Crippen molar-refractivity contribution in [3.8, 4) is 0 Å². The van der Waals surface area contributed by atoms with E-state index in [2.05, 4.69) is 28.5 Å². The number of hydrogen-bond donors (Lipinski definition) is 0. The third-order valence-electron chi connectivity index (χ3n) is 5.02. The van der Waals surface area contributed by atoms with E-state index in [1.54, 1.807) is 0 Å². The van der Waals surface area contributed by atoms with Crippen LogP contribution in [0.1, 0.15) is 33.1 Å². The summed E-state index contributed by atoms with van der Waals surface area (Å²) in [5.41, 5.74) is 0.460. The molecule has 0 atom stereocenters. The Morgan fingerprint density at radius 3 is 2.26 bits per heavy atom. The second kappa shape index (κ2) is 5.06. The molecule has 3 fully saturated rings. The lowest BCUT2D eigenvalue weighted by molar-refractivity contribution is -0.163. The second-order valence-corrected chi connectivity index (χ2v) is 7.09. The first-order valence-electron chi connectivity index (χ1n) is 7.82. The van der Waals surface area contributed by atoms with Gasteiger partial charge in [-0.25, -0.2) is 0 Å². The van der Waals surface area contributed by atoms with Crippen molar-refractivity contribution in [3.05, 3.63) is 0 Å². The Labute approximate surface area is 116 Å². The van der Waals surface area contributed by atoms with Crippen LogP contribution < -0.4 is 0 Å². The average molecular weight is 265 g/mol. The number of rotatable bonds is 3. The minimum Gasteiger partial charge on any atom is -0.340 e. The summed E-state index contributed by atoms with van der Waals surface area (Å²) >= 11 is 0. The maximum atomic E-state index is 12.2. The van der Waals surface area contributed by atoms with E-state index in [9.17, 15) is 4.79 Å². The number of nitrogens with zero attached hydrogens (tertiary/aromatic N) is 3. The van der Waals surface area contributed by atoms with E-state index in [0.717, 1.165) is 26.2 Å². The zero-order chi connectivity index (χ0) is 13.5. The van der Waals surface area contributed by atoms with E-state index < -0.39 is 0 Å². The van der Waals surface area contributed by atoms with Crippen molar-refractivity contribution in [3.63, 3.8) is 0 Å². The van der Waals surface area contributed by atoms with Crippen molar-refractivity contribution >= 4 is 5.91 Å². The van der Waals surface area contributed by atoms with Crippen molar-refractivity contribution in [2.45, 2.75) is 39.2 Å². The third-order valence-corrected chi connectivity index (χ3v) is 5.02. The first kappa shape index (κ1) is 13.4. The van der Waals surface area contributed by atoms with Gasteiger partial charge in [0.05, 0.1) is 6.54 Å². The number of carbonyl (C=O) groups is 1. The smallest absolute Gasteiger partial charge is 0.236 e. The van der Waals surface area contributed by atoms with Crippen LogP contribution in [0, 0.1) is 5.41 Å². The summed E-state index contributed by atoms with van der Waals surface area (Å²) in [5, 5.41) is 0. The molecule has 0 bridgehead atoms. The maximum Gasteiger partial charge on any atom is 0.236 e. The Bertz CT molecular complexity index is 335. The molecule has 3 heterocycles. The molecular formula is C15H27N3O. The highest BCUT2D eigenvalue weighted by atomic mass is 16.2. The first-order valence-corrected chi connectivity index (χ1v) is 7.82. The minimum atomic E-state index is 0.357. The molecule has 0 saturated carbocycles. The Morgan fingerprint density at radius 1 is 1.05 bits per heavy atom. The number of piperidine rings is 1. The van der Waals surface area contributed by atoms with Gasteiger partial charge in [-0.05, 0) is 39.8 Å². The minimum absolute atomic E-state index is 0.357. The fourth-order valence-corrected chi connectivity index (χ4v) is 3.73. The fraction of sp³-hybridized carbons (Fsp3) is 0.933. The van der Waals surface area contributed by atoms with Gasteiger partial charge in [0.1, 0.15) is 0 Å². The molecule has 0 aromatic carbocycles. The predicted octanol–water partition coefficient (Wildman–Crippen LogP) is 1.02. The van der Waals surface area contributed by atoms with Gasteiger partial charge < -0.3 is 4.90 Å². The van der Waals surface area contributed by atoms with Crippen molar-refractivity contribution < 1.29 is 4.79 Å². The van der Waals surface area contributed by atoms with E-state index in [4.69, 9.17) is 0 Å². The Kier molecular flexibility index (Phi) is 3.56. The van der Waals surface area contributed by atoms with Crippen LogP contribution in [0.2, 0.25) is 0 Å². The predicted molar refractivity (Wildman–Crippen MR) is 76.0 cm³/mol. The van der Waals surface area contributed by atoms with E-state index in [1.807, 2.05) is 0 Å². The molecule has 1 amide bonds. The summed E-state index contributed by atoms with van der Waals surface area (Å²) < 4.78 is 0. The van der Waals surface area contributed by atoms with Gasteiger partial charge in [0.15, 0.2) is 0 Å². The molecule has 108 valence electrons. The van der Waals surface area contributed by atoms with Crippen molar-refractivity contribution in [1.29, 1.82) is 0 Å². The van der Waals surface area contributed by atoms with Crippen LogP contribution in [0.3, 0.4) is 0 Å². The first-order chi connectivity index (χ1) is 9.08. The molecule has 3 aliphatic heterocycles. The molecule has 3 saturated heterocycles. The van der Waals surface area contributed by atoms with Gasteiger partial charge in [-0.1, -0.05) is 6.42 Å². The third kappa shape index (κ3) is 2.65. The zero-order valence-corrected chi connectivity index (χ0v) is 12.4. The lowest BCUT2D eigenvalue weighted by Gasteiger charge is -2.61. The van der Waals surface area contributed by atoms with Crippen LogP contribution in [-0.4, -0.2) is 72.5 Å². The zero-order valence-electron chi connectivity index (χ0n) is 12.4. The van der Waals surface area contributed by atoms with Crippen LogP contribution >= 0.6 is 0 Å². The molecule has 19 heavy (non-hydrogen) atoms. The highest BCUT2D eigenvalue weighted by Crippen LogP contribution is 2.40. The molecule has 0 N–H and O–H groups in total. The summed E-state index contributed by atoms with van der Waals surface area (Å²) in [6.07, 6.45) is 3.86. The summed E-state index contributed by atoms with van der Waals surface area (Å²) in [5.74, 6) is 0.357. The molecule has 0 aromatic rings. The van der Waals surface area contributed by atoms with Crippen LogP contribution in [0.5, 0.6) is 0 Å². The standard InChI is InChI=1S/C15H27N3O/c1-13(2)17-9-15(10-17)11-18(12-15)14(19)8-16-6-4-3-5-7-16/h13H,3-12H2,1-2H3. The molecule has 0 aliphatic carbocycles. The topological polar surface area (TPSA) is 26.8 Å². The summed E-state index contributed by atoms with van der Waals surface area (Å²) in [7, 11) is 0. The molecule has 4 heteroatoms. The highest BCUT2D eigenvalue weighted by Gasteiger charge is 2.53. The Balaban J connectivity index is 1.40. The molecule has 1 spiro atoms. The lowest BCUT2D eigenvalue weighted by Crippen LogP contribution is -2.74.